The fraction of sp³-hybridized carbons (Fsp3) is 0.375. The summed E-state index contributed by atoms with van der Waals surface area (Å²) in [6.07, 6.45) is 0. The molecule has 0 unspecified atom stereocenters. The molecule has 3 nitrogen and oxygen atoms in total. The number of nitrogens with two attached hydrogens (primary N) is 1. The maximum atomic E-state index is 5.73. The summed E-state index contributed by atoms with van der Waals surface area (Å²) in [4.78, 5) is 4.26. The molecule has 0 aliphatic heterocycles. The van der Waals surface area contributed by atoms with E-state index < -0.39 is 0 Å². The molecule has 0 aliphatic carbocycles. The van der Waals surface area contributed by atoms with E-state index in [1.807, 2.05) is 27.0 Å². The minimum absolute atomic E-state index is 0.762. The van der Waals surface area contributed by atoms with Crippen LogP contribution in [0.1, 0.15) is 11.4 Å². The predicted octanol–water partition coefficient (Wildman–Crippen LogP) is 1.32. The number of rotatable bonds is 1. The minimum Gasteiger partial charge on any atom is -0.397 e. The molecule has 1 aromatic rings. The van der Waals surface area contributed by atoms with Gasteiger partial charge in [0.05, 0.1) is 17.1 Å². The van der Waals surface area contributed by atoms with Gasteiger partial charge in [-0.3, -0.25) is 4.98 Å². The molecule has 3 N–H and O–H groups in total. The molecule has 0 amide bonds. The maximum Gasteiger partial charge on any atom is 0.0787 e. The molecule has 0 saturated heterocycles. The third kappa shape index (κ3) is 1.42. The Bertz CT molecular complexity index is 245. The van der Waals surface area contributed by atoms with Crippen LogP contribution in [-0.2, 0) is 0 Å². The predicted molar refractivity (Wildman–Crippen MR) is 47.7 cm³/mol. The molecule has 11 heavy (non-hydrogen) atoms. The molecular formula is C8H13N3. The van der Waals surface area contributed by atoms with E-state index >= 15 is 0 Å². The Balaban J connectivity index is 3.25. The van der Waals surface area contributed by atoms with Crippen LogP contribution < -0.4 is 11.1 Å². The van der Waals surface area contributed by atoms with Crippen molar-refractivity contribution in [2.45, 2.75) is 13.8 Å². The Kier molecular flexibility index (Phi) is 1.98. The average Bonchev–Trinajstić information content (AvgIpc) is 1.85. The van der Waals surface area contributed by atoms with E-state index in [0.717, 1.165) is 22.8 Å². The van der Waals surface area contributed by atoms with Crippen molar-refractivity contribution in [2.75, 3.05) is 18.1 Å². The number of nitrogens with zero attached hydrogens (tertiary/aromatic N) is 1. The molecule has 1 heterocycles. The first kappa shape index (κ1) is 7.85. The van der Waals surface area contributed by atoms with Crippen LogP contribution in [-0.4, -0.2) is 12.0 Å². The highest BCUT2D eigenvalue weighted by molar-refractivity contribution is 5.68. The molecule has 0 atom stereocenters. The van der Waals surface area contributed by atoms with Crippen molar-refractivity contribution in [3.05, 3.63) is 17.5 Å². The van der Waals surface area contributed by atoms with Crippen molar-refractivity contribution in [3.63, 3.8) is 0 Å². The number of nitrogen functional groups attached to an aromatic ring is 1. The summed E-state index contributed by atoms with van der Waals surface area (Å²) in [5.41, 5.74) is 9.32. The molecule has 0 aliphatic rings. The summed E-state index contributed by atoms with van der Waals surface area (Å²) in [7, 11) is 1.84. The van der Waals surface area contributed by atoms with E-state index in [0.29, 0.717) is 0 Å². The molecule has 1 aromatic heterocycles. The van der Waals surface area contributed by atoms with E-state index in [1.165, 1.54) is 0 Å². The first-order valence-corrected chi connectivity index (χ1v) is 3.56. The zero-order valence-electron chi connectivity index (χ0n) is 7.10. The maximum absolute atomic E-state index is 5.73. The van der Waals surface area contributed by atoms with Gasteiger partial charge in [0.2, 0.25) is 0 Å². The van der Waals surface area contributed by atoms with Gasteiger partial charge in [0, 0.05) is 12.7 Å². The van der Waals surface area contributed by atoms with Gasteiger partial charge >= 0.3 is 0 Å². The SMILES string of the molecule is CNc1c(N)cc(C)nc1C. The van der Waals surface area contributed by atoms with E-state index in [9.17, 15) is 0 Å². The first-order valence-electron chi connectivity index (χ1n) is 3.56. The molecular weight excluding hydrogens is 138 g/mol. The van der Waals surface area contributed by atoms with Crippen LogP contribution in [0.4, 0.5) is 11.4 Å². The van der Waals surface area contributed by atoms with Crippen molar-refractivity contribution in [3.8, 4) is 0 Å². The van der Waals surface area contributed by atoms with Gasteiger partial charge in [-0.25, -0.2) is 0 Å². The highest BCUT2D eigenvalue weighted by Gasteiger charge is 2.01. The summed E-state index contributed by atoms with van der Waals surface area (Å²) in [5.74, 6) is 0. The summed E-state index contributed by atoms with van der Waals surface area (Å²) < 4.78 is 0. The number of hydrogen-bond donors (Lipinski definition) is 2. The second-order valence-corrected chi connectivity index (χ2v) is 2.56. The Hall–Kier alpha value is -1.25. The van der Waals surface area contributed by atoms with Crippen LogP contribution in [0.25, 0.3) is 0 Å². The monoisotopic (exact) mass is 151 g/mol. The van der Waals surface area contributed by atoms with Crippen LogP contribution in [0.15, 0.2) is 6.07 Å². The number of aromatic nitrogens is 1. The summed E-state index contributed by atoms with van der Waals surface area (Å²) >= 11 is 0. The molecule has 1 rings (SSSR count). The van der Waals surface area contributed by atoms with Crippen molar-refractivity contribution < 1.29 is 0 Å². The van der Waals surface area contributed by atoms with Crippen LogP contribution in [0, 0.1) is 13.8 Å². The summed E-state index contributed by atoms with van der Waals surface area (Å²) in [5, 5.41) is 3.00. The van der Waals surface area contributed by atoms with Gasteiger partial charge in [0.1, 0.15) is 0 Å². The fourth-order valence-corrected chi connectivity index (χ4v) is 1.18. The third-order valence-corrected chi connectivity index (χ3v) is 1.61. The second kappa shape index (κ2) is 2.78. The van der Waals surface area contributed by atoms with Crippen LogP contribution in [0.5, 0.6) is 0 Å². The smallest absolute Gasteiger partial charge is 0.0787 e. The molecule has 60 valence electrons. The number of hydrogen-bond acceptors (Lipinski definition) is 3. The first-order chi connectivity index (χ1) is 5.15. The van der Waals surface area contributed by atoms with E-state index in [4.69, 9.17) is 5.73 Å². The Morgan fingerprint density at radius 3 is 2.55 bits per heavy atom. The van der Waals surface area contributed by atoms with Crippen molar-refractivity contribution in [1.82, 2.24) is 4.98 Å². The lowest BCUT2D eigenvalue weighted by atomic mass is 10.2. The highest BCUT2D eigenvalue weighted by atomic mass is 14.9. The lowest BCUT2D eigenvalue weighted by Gasteiger charge is -2.08. The van der Waals surface area contributed by atoms with Crippen molar-refractivity contribution >= 4 is 11.4 Å². The fourth-order valence-electron chi connectivity index (χ4n) is 1.18. The number of anilines is 2. The number of pyridine rings is 1. The quantitative estimate of drug-likeness (QED) is 0.636. The lowest BCUT2D eigenvalue weighted by molar-refractivity contribution is 1.12. The molecule has 0 fully saturated rings. The van der Waals surface area contributed by atoms with Crippen molar-refractivity contribution in [2.24, 2.45) is 0 Å². The zero-order valence-corrected chi connectivity index (χ0v) is 7.10. The zero-order chi connectivity index (χ0) is 8.43. The van der Waals surface area contributed by atoms with E-state index in [2.05, 4.69) is 10.3 Å². The average molecular weight is 151 g/mol. The van der Waals surface area contributed by atoms with Gasteiger partial charge in [0.25, 0.3) is 0 Å². The molecule has 0 radical (unpaired) electrons. The van der Waals surface area contributed by atoms with Gasteiger partial charge in [-0.2, -0.15) is 0 Å². The second-order valence-electron chi connectivity index (χ2n) is 2.56. The summed E-state index contributed by atoms with van der Waals surface area (Å²) in [6.45, 7) is 3.87. The van der Waals surface area contributed by atoms with Gasteiger partial charge in [-0.05, 0) is 19.9 Å². The molecule has 0 bridgehead atoms. The lowest BCUT2D eigenvalue weighted by Crippen LogP contribution is -2.01. The minimum atomic E-state index is 0.762. The Labute approximate surface area is 66.6 Å². The Morgan fingerprint density at radius 1 is 1.45 bits per heavy atom. The Morgan fingerprint density at radius 2 is 2.09 bits per heavy atom. The molecule has 0 aromatic carbocycles. The van der Waals surface area contributed by atoms with Gasteiger partial charge < -0.3 is 11.1 Å². The van der Waals surface area contributed by atoms with E-state index in [1.54, 1.807) is 0 Å². The van der Waals surface area contributed by atoms with E-state index in [-0.39, 0.29) is 0 Å². The van der Waals surface area contributed by atoms with Crippen LogP contribution in [0.2, 0.25) is 0 Å². The molecule has 3 heteroatoms. The van der Waals surface area contributed by atoms with Crippen LogP contribution >= 0.6 is 0 Å². The summed E-state index contributed by atoms with van der Waals surface area (Å²) in [6, 6.07) is 1.86. The highest BCUT2D eigenvalue weighted by Crippen LogP contribution is 2.20. The van der Waals surface area contributed by atoms with Crippen LogP contribution in [0.3, 0.4) is 0 Å². The number of aryl methyl sites for hydroxylation is 2. The largest absolute Gasteiger partial charge is 0.397 e. The van der Waals surface area contributed by atoms with Gasteiger partial charge in [-0.1, -0.05) is 0 Å². The van der Waals surface area contributed by atoms with Crippen molar-refractivity contribution in [1.29, 1.82) is 0 Å². The molecule has 0 spiro atoms. The normalized spacial score (nSPS) is 9.73. The topological polar surface area (TPSA) is 50.9 Å². The number of nitrogens with one attached hydrogen (secondary N) is 1. The molecule has 0 saturated carbocycles. The van der Waals surface area contributed by atoms with Gasteiger partial charge in [-0.15, -0.1) is 0 Å². The standard InChI is InChI=1S/C8H13N3/c1-5-4-7(9)8(10-3)6(2)11-5/h4,10H,1-3H3,(H2,9,11). The van der Waals surface area contributed by atoms with Gasteiger partial charge in [0.15, 0.2) is 0 Å². The third-order valence-electron chi connectivity index (χ3n) is 1.61.